The molecule has 12 nitrogen and oxygen atoms in total. The molecule has 0 spiro atoms. The van der Waals surface area contributed by atoms with Crippen molar-refractivity contribution in [3.05, 3.63) is 104 Å². The van der Waals surface area contributed by atoms with E-state index in [2.05, 4.69) is 56.8 Å². The van der Waals surface area contributed by atoms with E-state index in [0.717, 1.165) is 39.8 Å². The van der Waals surface area contributed by atoms with Gasteiger partial charge in [-0.2, -0.15) is 0 Å². The van der Waals surface area contributed by atoms with Crippen LogP contribution in [0.4, 0.5) is 9.59 Å². The fourth-order valence-corrected chi connectivity index (χ4v) is 7.63. The van der Waals surface area contributed by atoms with Crippen molar-refractivity contribution in [2.24, 2.45) is 0 Å². The normalized spacial score (nSPS) is 14.9. The monoisotopic (exact) mass is 775 g/mol. The third kappa shape index (κ3) is 13.5. The molecule has 3 atom stereocenters. The van der Waals surface area contributed by atoms with Gasteiger partial charge in [0.05, 0.1) is 40.8 Å². The number of hydrogen-bond donors (Lipinski definition) is 3. The summed E-state index contributed by atoms with van der Waals surface area (Å²) in [7, 11) is 1.77. The van der Waals surface area contributed by atoms with Gasteiger partial charge in [0.1, 0.15) is 12.6 Å². The molecule has 0 unspecified atom stereocenters. The van der Waals surface area contributed by atoms with Gasteiger partial charge in [-0.25, -0.2) is 14.6 Å². The van der Waals surface area contributed by atoms with Crippen LogP contribution in [0.25, 0.3) is 0 Å². The van der Waals surface area contributed by atoms with Gasteiger partial charge in [-0.05, 0) is 43.2 Å². The standard InChI is InChI=1S/C40H53N7O5S2/c1-29(2)38-44-33(27-53-38)24-42-39(49)45-36(16-17-47-18-20-51-21-19-47)37(48)43-32(22-30-10-6-4-7-11-30)14-15-34(23-31-12-8-5-9-13-31)46(3)40(50)52-26-35-25-41-28-54-35/h4-13,25,27-29,32,34,36H,14-24,26H2,1-3H3,(H,43,48)(H2,42,45,49)/t32-,34-,36+/m1/s1. The molecule has 1 aliphatic heterocycles. The van der Waals surface area contributed by atoms with Crippen molar-refractivity contribution in [1.82, 2.24) is 35.7 Å². The average molecular weight is 776 g/mol. The summed E-state index contributed by atoms with van der Waals surface area (Å²) in [6.45, 7) is 8.10. The summed E-state index contributed by atoms with van der Waals surface area (Å²) in [6, 6.07) is 18.5. The van der Waals surface area contributed by atoms with Gasteiger partial charge in [-0.3, -0.25) is 14.7 Å². The smallest absolute Gasteiger partial charge is 0.410 e. The van der Waals surface area contributed by atoms with E-state index in [1.165, 1.54) is 11.3 Å². The SMILES string of the molecule is CC(C)c1nc(CNC(=O)N[C@@H](CCN2CCOCC2)C(=O)N[C@H](CC[C@H](Cc2ccccc2)N(C)C(=O)OCc2cncs2)Cc2ccccc2)cs1. The zero-order valence-corrected chi connectivity index (χ0v) is 33.1. The highest BCUT2D eigenvalue weighted by Gasteiger charge is 2.28. The Bertz CT molecular complexity index is 1700. The summed E-state index contributed by atoms with van der Waals surface area (Å²) >= 11 is 3.02. The van der Waals surface area contributed by atoms with E-state index in [-0.39, 0.29) is 31.1 Å². The van der Waals surface area contributed by atoms with Crippen molar-refractivity contribution < 1.29 is 23.9 Å². The van der Waals surface area contributed by atoms with Crippen LogP contribution in [0, 0.1) is 0 Å². The second kappa shape index (κ2) is 21.5. The number of benzene rings is 2. The first kappa shape index (κ1) is 40.8. The molecule has 290 valence electrons. The van der Waals surface area contributed by atoms with Gasteiger partial charge in [0, 0.05) is 56.3 Å². The number of carbonyl (C=O) groups is 3. The zero-order chi connectivity index (χ0) is 38.1. The maximum atomic E-state index is 14.2. The molecular weight excluding hydrogens is 723 g/mol. The number of rotatable bonds is 19. The summed E-state index contributed by atoms with van der Waals surface area (Å²) in [6.07, 6.45) is 4.15. The van der Waals surface area contributed by atoms with Crippen LogP contribution in [-0.2, 0) is 40.3 Å². The molecule has 5 rings (SSSR count). The Kier molecular flexibility index (Phi) is 16.2. The fourth-order valence-electron chi connectivity index (χ4n) is 6.29. The molecule has 0 radical (unpaired) electrons. The Morgan fingerprint density at radius 2 is 1.63 bits per heavy atom. The molecule has 3 heterocycles. The molecule has 0 saturated carbocycles. The molecule has 0 aliphatic carbocycles. The van der Waals surface area contributed by atoms with E-state index < -0.39 is 18.2 Å². The number of aromatic nitrogens is 2. The van der Waals surface area contributed by atoms with E-state index >= 15 is 0 Å². The zero-order valence-electron chi connectivity index (χ0n) is 31.4. The van der Waals surface area contributed by atoms with Gasteiger partial charge in [-0.15, -0.1) is 22.7 Å². The lowest BCUT2D eigenvalue weighted by Crippen LogP contribution is -2.53. The number of urea groups is 1. The first-order valence-corrected chi connectivity index (χ1v) is 20.4. The van der Waals surface area contributed by atoms with Crippen molar-refractivity contribution in [1.29, 1.82) is 0 Å². The van der Waals surface area contributed by atoms with Crippen LogP contribution < -0.4 is 16.0 Å². The molecule has 4 aromatic rings. The largest absolute Gasteiger partial charge is 0.444 e. The minimum absolute atomic E-state index is 0.160. The summed E-state index contributed by atoms with van der Waals surface area (Å²) < 4.78 is 11.2. The van der Waals surface area contributed by atoms with Gasteiger partial charge in [0.15, 0.2) is 0 Å². The summed E-state index contributed by atoms with van der Waals surface area (Å²) in [5.74, 6) is 0.0683. The van der Waals surface area contributed by atoms with Crippen LogP contribution in [0.5, 0.6) is 0 Å². The van der Waals surface area contributed by atoms with Gasteiger partial charge in [-0.1, -0.05) is 74.5 Å². The summed E-state index contributed by atoms with van der Waals surface area (Å²) in [4.78, 5) is 54.2. The lowest BCUT2D eigenvalue weighted by atomic mass is 9.95. The van der Waals surface area contributed by atoms with Crippen LogP contribution in [0.15, 0.2) is 77.8 Å². The Hall–Kier alpha value is -4.37. The van der Waals surface area contributed by atoms with Gasteiger partial charge in [0.2, 0.25) is 5.91 Å². The first-order valence-electron chi connectivity index (χ1n) is 18.7. The van der Waals surface area contributed by atoms with Gasteiger partial charge >= 0.3 is 12.1 Å². The number of likely N-dealkylation sites (N-methyl/N-ethyl adjacent to an activating group) is 1. The summed E-state index contributed by atoms with van der Waals surface area (Å²) in [5.41, 5.74) is 4.69. The Morgan fingerprint density at radius 1 is 0.926 bits per heavy atom. The van der Waals surface area contributed by atoms with E-state index in [1.807, 2.05) is 53.9 Å². The number of carbonyl (C=O) groups excluding carboxylic acids is 3. The molecule has 2 aromatic carbocycles. The van der Waals surface area contributed by atoms with Crippen molar-refractivity contribution in [2.45, 2.75) is 83.1 Å². The molecule has 1 saturated heterocycles. The van der Waals surface area contributed by atoms with Gasteiger partial charge in [0.25, 0.3) is 0 Å². The van der Waals surface area contributed by atoms with Crippen molar-refractivity contribution in [3.63, 3.8) is 0 Å². The number of nitrogens with one attached hydrogen (secondary N) is 3. The van der Waals surface area contributed by atoms with Crippen LogP contribution in [0.1, 0.15) is 65.7 Å². The topological polar surface area (TPSA) is 138 Å². The molecule has 14 heteroatoms. The van der Waals surface area contributed by atoms with E-state index in [1.54, 1.807) is 35.0 Å². The molecule has 4 amide bonds. The second-order valence-electron chi connectivity index (χ2n) is 13.9. The molecule has 54 heavy (non-hydrogen) atoms. The third-order valence-corrected chi connectivity index (χ3v) is 11.4. The van der Waals surface area contributed by atoms with Crippen LogP contribution in [0.3, 0.4) is 0 Å². The molecule has 2 aromatic heterocycles. The average Bonchev–Trinajstić information content (AvgIpc) is 3.90. The number of ether oxygens (including phenoxy) is 2. The number of morpholine rings is 1. The first-order chi connectivity index (χ1) is 26.2. The fraction of sp³-hybridized carbons (Fsp3) is 0.475. The lowest BCUT2D eigenvalue weighted by Gasteiger charge is -2.31. The lowest BCUT2D eigenvalue weighted by molar-refractivity contribution is -0.124. The van der Waals surface area contributed by atoms with E-state index in [0.29, 0.717) is 57.8 Å². The van der Waals surface area contributed by atoms with E-state index in [9.17, 15) is 14.4 Å². The highest BCUT2D eigenvalue weighted by molar-refractivity contribution is 7.09. The quantitative estimate of drug-likeness (QED) is 0.106. The third-order valence-electron chi connectivity index (χ3n) is 9.44. The minimum atomic E-state index is -0.766. The van der Waals surface area contributed by atoms with Crippen LogP contribution in [-0.4, -0.2) is 95.8 Å². The molecule has 1 aliphatic rings. The van der Waals surface area contributed by atoms with Crippen LogP contribution in [0.2, 0.25) is 0 Å². The number of thiazole rings is 2. The predicted molar refractivity (Wildman–Crippen MR) is 213 cm³/mol. The molecule has 0 bridgehead atoms. The maximum Gasteiger partial charge on any atom is 0.410 e. The second-order valence-corrected chi connectivity index (χ2v) is 15.8. The molecule has 1 fully saturated rings. The summed E-state index contributed by atoms with van der Waals surface area (Å²) in [5, 5.41) is 12.1. The van der Waals surface area contributed by atoms with E-state index in [4.69, 9.17) is 9.47 Å². The Morgan fingerprint density at radius 3 is 2.28 bits per heavy atom. The predicted octanol–water partition coefficient (Wildman–Crippen LogP) is 6.00. The highest BCUT2D eigenvalue weighted by Crippen LogP contribution is 2.20. The highest BCUT2D eigenvalue weighted by atomic mass is 32.1. The molecule has 3 N–H and O–H groups in total. The Balaban J connectivity index is 1.28. The number of nitrogens with zero attached hydrogens (tertiary/aromatic N) is 4. The van der Waals surface area contributed by atoms with Crippen molar-refractivity contribution in [2.75, 3.05) is 39.9 Å². The molecular formula is C40H53N7O5S2. The minimum Gasteiger partial charge on any atom is -0.444 e. The van der Waals surface area contributed by atoms with Crippen molar-refractivity contribution >= 4 is 40.7 Å². The van der Waals surface area contributed by atoms with Crippen LogP contribution >= 0.6 is 22.7 Å². The number of hydrogen-bond acceptors (Lipinski definition) is 10. The Labute approximate surface area is 326 Å². The number of amides is 4. The van der Waals surface area contributed by atoms with Crippen molar-refractivity contribution in [3.8, 4) is 0 Å². The maximum absolute atomic E-state index is 14.2. The van der Waals surface area contributed by atoms with Gasteiger partial charge < -0.3 is 30.3 Å².